The molecule has 0 saturated heterocycles. The van der Waals surface area contributed by atoms with E-state index in [1.807, 2.05) is 49.4 Å². The zero-order chi connectivity index (χ0) is 15.0. The van der Waals surface area contributed by atoms with Gasteiger partial charge < -0.3 is 5.11 Å². The Balaban J connectivity index is 2.26. The van der Waals surface area contributed by atoms with E-state index >= 15 is 0 Å². The maximum absolute atomic E-state index is 11.0. The molecule has 0 atom stereocenters. The minimum absolute atomic E-state index is 0.300. The third kappa shape index (κ3) is 2.39. The van der Waals surface area contributed by atoms with Crippen molar-refractivity contribution in [3.8, 4) is 11.1 Å². The van der Waals surface area contributed by atoms with Gasteiger partial charge in [0.1, 0.15) is 0 Å². The standard InChI is InChI=1S/C18H13ClO2/c1-11-10-12(18(20)21)6-7-13(11)15-8-9-17(19)16-5-3-2-4-14(15)16/h2-10H,1H3,(H,20,21). The minimum Gasteiger partial charge on any atom is -0.478 e. The van der Waals surface area contributed by atoms with Crippen LogP contribution in [-0.4, -0.2) is 11.1 Å². The summed E-state index contributed by atoms with van der Waals surface area (Å²) in [6.45, 7) is 1.92. The molecule has 3 aromatic carbocycles. The summed E-state index contributed by atoms with van der Waals surface area (Å²) in [5.74, 6) is -0.911. The van der Waals surface area contributed by atoms with Gasteiger partial charge in [-0.2, -0.15) is 0 Å². The molecular formula is C18H13ClO2. The molecule has 3 aromatic rings. The maximum Gasteiger partial charge on any atom is 0.335 e. The summed E-state index contributed by atoms with van der Waals surface area (Å²) in [4.78, 5) is 11.0. The summed E-state index contributed by atoms with van der Waals surface area (Å²) in [6.07, 6.45) is 0. The lowest BCUT2D eigenvalue weighted by Gasteiger charge is -2.11. The molecule has 104 valence electrons. The number of aryl methyl sites for hydroxylation is 1. The first kappa shape index (κ1) is 13.7. The molecule has 2 nitrogen and oxygen atoms in total. The second-order valence-corrected chi connectivity index (χ2v) is 5.38. The number of rotatable bonds is 2. The Labute approximate surface area is 127 Å². The van der Waals surface area contributed by atoms with Gasteiger partial charge in [-0.05, 0) is 47.2 Å². The van der Waals surface area contributed by atoms with Crippen LogP contribution < -0.4 is 0 Å². The van der Waals surface area contributed by atoms with Gasteiger partial charge in [0.2, 0.25) is 0 Å². The lowest BCUT2D eigenvalue weighted by Crippen LogP contribution is -1.97. The second-order valence-electron chi connectivity index (χ2n) is 4.98. The number of halogens is 1. The van der Waals surface area contributed by atoms with Gasteiger partial charge in [-0.3, -0.25) is 0 Å². The van der Waals surface area contributed by atoms with Crippen LogP contribution in [0.5, 0.6) is 0 Å². The maximum atomic E-state index is 11.0. The molecular weight excluding hydrogens is 284 g/mol. The van der Waals surface area contributed by atoms with E-state index in [0.29, 0.717) is 10.6 Å². The van der Waals surface area contributed by atoms with Crippen LogP contribution in [0.25, 0.3) is 21.9 Å². The molecule has 0 unspecified atom stereocenters. The predicted molar refractivity (Wildman–Crippen MR) is 86.1 cm³/mol. The van der Waals surface area contributed by atoms with E-state index in [1.54, 1.807) is 12.1 Å². The van der Waals surface area contributed by atoms with Crippen molar-refractivity contribution in [1.82, 2.24) is 0 Å². The Morgan fingerprint density at radius 1 is 0.952 bits per heavy atom. The van der Waals surface area contributed by atoms with Crippen molar-refractivity contribution >= 4 is 28.3 Å². The minimum atomic E-state index is -0.911. The lowest BCUT2D eigenvalue weighted by atomic mass is 9.94. The molecule has 0 aliphatic carbocycles. The molecule has 3 rings (SSSR count). The molecule has 0 amide bonds. The van der Waals surface area contributed by atoms with Crippen molar-refractivity contribution in [3.05, 3.63) is 70.7 Å². The first-order valence-corrected chi connectivity index (χ1v) is 6.97. The van der Waals surface area contributed by atoms with Crippen LogP contribution in [-0.2, 0) is 0 Å². The van der Waals surface area contributed by atoms with E-state index in [-0.39, 0.29) is 0 Å². The molecule has 0 radical (unpaired) electrons. The summed E-state index contributed by atoms with van der Waals surface area (Å²) < 4.78 is 0. The molecule has 1 N–H and O–H groups in total. The van der Waals surface area contributed by atoms with Gasteiger partial charge in [-0.1, -0.05) is 48.0 Å². The van der Waals surface area contributed by atoms with E-state index in [2.05, 4.69) is 0 Å². The zero-order valence-electron chi connectivity index (χ0n) is 11.4. The fraction of sp³-hybridized carbons (Fsp3) is 0.0556. The van der Waals surface area contributed by atoms with Gasteiger partial charge in [0, 0.05) is 10.4 Å². The fourth-order valence-electron chi connectivity index (χ4n) is 2.60. The largest absolute Gasteiger partial charge is 0.478 e. The first-order valence-electron chi connectivity index (χ1n) is 6.59. The van der Waals surface area contributed by atoms with Crippen LogP contribution in [0.4, 0.5) is 0 Å². The number of aromatic carboxylic acids is 1. The highest BCUT2D eigenvalue weighted by Crippen LogP contribution is 2.34. The molecule has 0 aliphatic rings. The van der Waals surface area contributed by atoms with Crippen molar-refractivity contribution in [3.63, 3.8) is 0 Å². The smallest absolute Gasteiger partial charge is 0.335 e. The molecule has 21 heavy (non-hydrogen) atoms. The fourth-order valence-corrected chi connectivity index (χ4v) is 2.82. The van der Waals surface area contributed by atoms with E-state index in [9.17, 15) is 4.79 Å². The quantitative estimate of drug-likeness (QED) is 0.708. The molecule has 0 saturated carbocycles. The Morgan fingerprint density at radius 3 is 2.29 bits per heavy atom. The predicted octanol–water partition coefficient (Wildman–Crippen LogP) is 5.17. The summed E-state index contributed by atoms with van der Waals surface area (Å²) >= 11 is 6.25. The number of hydrogen-bond donors (Lipinski definition) is 1. The number of benzene rings is 3. The van der Waals surface area contributed by atoms with Crippen molar-refractivity contribution in [1.29, 1.82) is 0 Å². The Hall–Kier alpha value is -2.32. The Bertz CT molecular complexity index is 853. The molecule has 0 heterocycles. The second kappa shape index (κ2) is 5.23. The van der Waals surface area contributed by atoms with Gasteiger partial charge in [0.15, 0.2) is 0 Å². The monoisotopic (exact) mass is 296 g/mol. The molecule has 0 aromatic heterocycles. The number of fused-ring (bicyclic) bond motifs is 1. The van der Waals surface area contributed by atoms with Crippen molar-refractivity contribution in [2.24, 2.45) is 0 Å². The van der Waals surface area contributed by atoms with E-state index in [0.717, 1.165) is 27.5 Å². The van der Waals surface area contributed by atoms with Gasteiger partial charge >= 0.3 is 5.97 Å². The van der Waals surface area contributed by atoms with Crippen LogP contribution in [0.2, 0.25) is 5.02 Å². The zero-order valence-corrected chi connectivity index (χ0v) is 12.2. The van der Waals surface area contributed by atoms with Crippen molar-refractivity contribution in [2.75, 3.05) is 0 Å². The van der Waals surface area contributed by atoms with Crippen molar-refractivity contribution in [2.45, 2.75) is 6.92 Å². The average Bonchev–Trinajstić information content (AvgIpc) is 2.48. The van der Waals surface area contributed by atoms with Gasteiger partial charge in [-0.15, -0.1) is 0 Å². The lowest BCUT2D eigenvalue weighted by molar-refractivity contribution is 0.0697. The van der Waals surface area contributed by atoms with Gasteiger partial charge in [-0.25, -0.2) is 4.79 Å². The third-order valence-electron chi connectivity index (χ3n) is 3.63. The van der Waals surface area contributed by atoms with Gasteiger partial charge in [0.25, 0.3) is 0 Å². The van der Waals surface area contributed by atoms with Crippen LogP contribution >= 0.6 is 11.6 Å². The Morgan fingerprint density at radius 2 is 1.62 bits per heavy atom. The first-order chi connectivity index (χ1) is 10.1. The van der Waals surface area contributed by atoms with E-state index < -0.39 is 5.97 Å². The number of carbonyl (C=O) groups is 1. The summed E-state index contributed by atoms with van der Waals surface area (Å²) in [7, 11) is 0. The molecule has 0 bridgehead atoms. The normalized spacial score (nSPS) is 10.8. The number of carboxylic acid groups (broad SMARTS) is 1. The molecule has 0 spiro atoms. The topological polar surface area (TPSA) is 37.3 Å². The Kier molecular flexibility index (Phi) is 3.40. The van der Waals surface area contributed by atoms with E-state index in [1.165, 1.54) is 0 Å². The highest BCUT2D eigenvalue weighted by molar-refractivity contribution is 6.36. The summed E-state index contributed by atoms with van der Waals surface area (Å²) in [6, 6.07) is 17.0. The van der Waals surface area contributed by atoms with Crippen LogP contribution in [0.1, 0.15) is 15.9 Å². The number of carboxylic acids is 1. The summed E-state index contributed by atoms with van der Waals surface area (Å²) in [5, 5.41) is 11.8. The van der Waals surface area contributed by atoms with Gasteiger partial charge in [0.05, 0.1) is 5.56 Å². The van der Waals surface area contributed by atoms with Crippen LogP contribution in [0, 0.1) is 6.92 Å². The van der Waals surface area contributed by atoms with Crippen LogP contribution in [0.3, 0.4) is 0 Å². The highest BCUT2D eigenvalue weighted by atomic mass is 35.5. The SMILES string of the molecule is Cc1cc(C(=O)O)ccc1-c1ccc(Cl)c2ccccc12. The summed E-state index contributed by atoms with van der Waals surface area (Å²) in [5.41, 5.74) is 3.31. The highest BCUT2D eigenvalue weighted by Gasteiger charge is 2.11. The molecule has 3 heteroatoms. The average molecular weight is 297 g/mol. The van der Waals surface area contributed by atoms with E-state index in [4.69, 9.17) is 16.7 Å². The van der Waals surface area contributed by atoms with Crippen molar-refractivity contribution < 1.29 is 9.90 Å². The van der Waals surface area contributed by atoms with Crippen LogP contribution in [0.15, 0.2) is 54.6 Å². The third-order valence-corrected chi connectivity index (χ3v) is 3.96. The number of hydrogen-bond acceptors (Lipinski definition) is 1. The molecule has 0 fully saturated rings. The molecule has 0 aliphatic heterocycles.